The highest BCUT2D eigenvalue weighted by Crippen LogP contribution is 2.36. The van der Waals surface area contributed by atoms with E-state index in [0.29, 0.717) is 5.92 Å². The fraction of sp³-hybridized carbons (Fsp3) is 0.889. The first kappa shape index (κ1) is 10.6. The molecule has 2 aliphatic rings. The van der Waals surface area contributed by atoms with Crippen molar-refractivity contribution in [2.24, 2.45) is 5.92 Å². The summed E-state index contributed by atoms with van der Waals surface area (Å²) in [6.45, 7) is 1.87. The lowest BCUT2D eigenvalue weighted by Gasteiger charge is -2.26. The molecule has 3 nitrogen and oxygen atoms in total. The Morgan fingerprint density at radius 1 is 1.29 bits per heavy atom. The molecule has 0 amide bonds. The lowest BCUT2D eigenvalue weighted by molar-refractivity contribution is -0.144. The molecule has 1 atom stereocenters. The number of hydrogen-bond acceptors (Lipinski definition) is 4. The summed E-state index contributed by atoms with van der Waals surface area (Å²) in [6.07, 6.45) is 2.21. The van der Waals surface area contributed by atoms with E-state index in [4.69, 9.17) is 0 Å². The predicted octanol–water partition coefficient (Wildman–Crippen LogP) is 1.55. The molecule has 14 heavy (non-hydrogen) atoms. The number of rotatable bonds is 3. The van der Waals surface area contributed by atoms with E-state index in [2.05, 4.69) is 4.90 Å². The van der Waals surface area contributed by atoms with E-state index < -0.39 is 5.97 Å². The number of carboxylic acids is 1. The fourth-order valence-electron chi connectivity index (χ4n) is 1.88. The summed E-state index contributed by atoms with van der Waals surface area (Å²) < 4.78 is 0. The normalized spacial score (nSPS) is 26.9. The standard InChI is InChI=1S/C9H15NO2S2/c11-9(12)8(7-1-2-7)10-3-5-13-14-6-4-10/h7-8H,1-6H2,(H,11,12). The first-order chi connectivity index (χ1) is 6.79. The van der Waals surface area contributed by atoms with E-state index in [1.54, 1.807) is 0 Å². The van der Waals surface area contributed by atoms with Gasteiger partial charge in [0.1, 0.15) is 6.04 Å². The van der Waals surface area contributed by atoms with E-state index in [9.17, 15) is 9.90 Å². The molecule has 80 valence electrons. The van der Waals surface area contributed by atoms with Crippen LogP contribution >= 0.6 is 21.6 Å². The van der Waals surface area contributed by atoms with Crippen LogP contribution < -0.4 is 0 Å². The molecule has 2 fully saturated rings. The number of hydrogen-bond donors (Lipinski definition) is 1. The summed E-state index contributed by atoms with van der Waals surface area (Å²) in [5.74, 6) is 1.92. The van der Waals surface area contributed by atoms with Gasteiger partial charge in [-0.3, -0.25) is 9.69 Å². The first-order valence-corrected chi connectivity index (χ1v) is 7.49. The second kappa shape index (κ2) is 4.77. The highest BCUT2D eigenvalue weighted by molar-refractivity contribution is 8.76. The van der Waals surface area contributed by atoms with Crippen LogP contribution in [0.2, 0.25) is 0 Å². The summed E-state index contributed by atoms with van der Waals surface area (Å²) in [6, 6.07) is -0.200. The third-order valence-electron chi connectivity index (χ3n) is 2.72. The Morgan fingerprint density at radius 2 is 1.86 bits per heavy atom. The molecule has 0 aromatic heterocycles. The van der Waals surface area contributed by atoms with Gasteiger partial charge in [0.2, 0.25) is 0 Å². The Bertz CT molecular complexity index is 213. The third kappa shape index (κ3) is 2.58. The van der Waals surface area contributed by atoms with Gasteiger partial charge in [-0.15, -0.1) is 0 Å². The highest BCUT2D eigenvalue weighted by atomic mass is 33.1. The zero-order valence-electron chi connectivity index (χ0n) is 8.02. The molecule has 1 saturated heterocycles. The van der Waals surface area contributed by atoms with Gasteiger partial charge >= 0.3 is 5.97 Å². The molecule has 0 aromatic carbocycles. The predicted molar refractivity (Wildman–Crippen MR) is 60.6 cm³/mol. The molecule has 5 heteroatoms. The Labute approximate surface area is 92.0 Å². The minimum atomic E-state index is -0.621. The smallest absolute Gasteiger partial charge is 0.321 e. The molecule has 0 spiro atoms. The molecule has 1 saturated carbocycles. The Kier molecular flexibility index (Phi) is 3.62. The van der Waals surface area contributed by atoms with Crippen LogP contribution in [-0.2, 0) is 4.79 Å². The van der Waals surface area contributed by atoms with Gasteiger partial charge in [0.05, 0.1) is 0 Å². The maximum atomic E-state index is 11.1. The topological polar surface area (TPSA) is 40.5 Å². The minimum Gasteiger partial charge on any atom is -0.480 e. The maximum absolute atomic E-state index is 11.1. The van der Waals surface area contributed by atoms with Crippen molar-refractivity contribution in [1.82, 2.24) is 4.90 Å². The van der Waals surface area contributed by atoms with E-state index in [0.717, 1.165) is 37.4 Å². The van der Waals surface area contributed by atoms with Gasteiger partial charge in [-0.1, -0.05) is 21.6 Å². The summed E-state index contributed by atoms with van der Waals surface area (Å²) in [4.78, 5) is 13.3. The van der Waals surface area contributed by atoms with Crippen LogP contribution in [0.15, 0.2) is 0 Å². The molecular weight excluding hydrogens is 218 g/mol. The first-order valence-electron chi connectivity index (χ1n) is 5.00. The lowest BCUT2D eigenvalue weighted by Crippen LogP contribution is -2.44. The van der Waals surface area contributed by atoms with Gasteiger partial charge in [-0.05, 0) is 18.8 Å². The van der Waals surface area contributed by atoms with Crippen molar-refractivity contribution in [1.29, 1.82) is 0 Å². The second-order valence-electron chi connectivity index (χ2n) is 3.80. The molecule has 0 aromatic rings. The number of carboxylic acid groups (broad SMARTS) is 1. The number of carbonyl (C=O) groups is 1. The monoisotopic (exact) mass is 233 g/mol. The second-order valence-corrected chi connectivity index (χ2v) is 6.50. The van der Waals surface area contributed by atoms with Gasteiger partial charge in [0.15, 0.2) is 0 Å². The molecule has 1 N–H and O–H groups in total. The molecule has 1 unspecified atom stereocenters. The Hall–Kier alpha value is 0.130. The van der Waals surface area contributed by atoms with Crippen LogP contribution in [-0.4, -0.2) is 46.6 Å². The molecular formula is C9H15NO2S2. The van der Waals surface area contributed by atoms with Crippen LogP contribution in [0, 0.1) is 5.92 Å². The SMILES string of the molecule is O=C(O)C(C1CC1)N1CCSSCC1. The van der Waals surface area contributed by atoms with Gasteiger partial charge in [-0.25, -0.2) is 0 Å². The van der Waals surface area contributed by atoms with Gasteiger partial charge in [-0.2, -0.15) is 0 Å². The van der Waals surface area contributed by atoms with Gasteiger partial charge in [0, 0.05) is 24.6 Å². The van der Waals surface area contributed by atoms with Crippen LogP contribution in [0.4, 0.5) is 0 Å². The number of aliphatic carboxylic acids is 1. The summed E-state index contributed by atoms with van der Waals surface area (Å²) >= 11 is 0. The molecule has 2 rings (SSSR count). The lowest BCUT2D eigenvalue weighted by atomic mass is 10.1. The van der Waals surface area contributed by atoms with Crippen molar-refractivity contribution < 1.29 is 9.90 Å². The summed E-state index contributed by atoms with van der Waals surface area (Å²) in [5.41, 5.74) is 0. The highest BCUT2D eigenvalue weighted by Gasteiger charge is 2.40. The molecule has 0 radical (unpaired) electrons. The zero-order valence-corrected chi connectivity index (χ0v) is 9.65. The van der Waals surface area contributed by atoms with Crippen molar-refractivity contribution in [2.45, 2.75) is 18.9 Å². The minimum absolute atomic E-state index is 0.200. The maximum Gasteiger partial charge on any atom is 0.321 e. The van der Waals surface area contributed by atoms with Crippen molar-refractivity contribution in [3.63, 3.8) is 0 Å². The largest absolute Gasteiger partial charge is 0.480 e. The fourth-order valence-corrected chi connectivity index (χ4v) is 3.89. The quantitative estimate of drug-likeness (QED) is 0.749. The summed E-state index contributed by atoms with van der Waals surface area (Å²) in [5, 5.41) is 9.17. The number of nitrogens with zero attached hydrogens (tertiary/aromatic N) is 1. The van der Waals surface area contributed by atoms with Crippen LogP contribution in [0.5, 0.6) is 0 Å². The van der Waals surface area contributed by atoms with Crippen LogP contribution in [0.25, 0.3) is 0 Å². The van der Waals surface area contributed by atoms with Crippen molar-refractivity contribution in [3.05, 3.63) is 0 Å². The van der Waals surface area contributed by atoms with E-state index in [1.165, 1.54) is 0 Å². The van der Waals surface area contributed by atoms with Crippen LogP contribution in [0.3, 0.4) is 0 Å². The zero-order chi connectivity index (χ0) is 9.97. The Morgan fingerprint density at radius 3 is 2.29 bits per heavy atom. The molecule has 1 aliphatic heterocycles. The average molecular weight is 233 g/mol. The molecule has 0 bridgehead atoms. The van der Waals surface area contributed by atoms with Gasteiger partial charge in [0.25, 0.3) is 0 Å². The van der Waals surface area contributed by atoms with Crippen molar-refractivity contribution in [2.75, 3.05) is 24.6 Å². The van der Waals surface area contributed by atoms with E-state index in [1.807, 2.05) is 21.6 Å². The Balaban J connectivity index is 1.97. The van der Waals surface area contributed by atoms with E-state index >= 15 is 0 Å². The summed E-state index contributed by atoms with van der Waals surface area (Å²) in [7, 11) is 3.73. The molecule has 1 aliphatic carbocycles. The van der Waals surface area contributed by atoms with Crippen molar-refractivity contribution >= 4 is 27.6 Å². The third-order valence-corrected chi connectivity index (χ3v) is 5.09. The van der Waals surface area contributed by atoms with Crippen molar-refractivity contribution in [3.8, 4) is 0 Å². The van der Waals surface area contributed by atoms with E-state index in [-0.39, 0.29) is 6.04 Å². The van der Waals surface area contributed by atoms with Gasteiger partial charge < -0.3 is 5.11 Å². The van der Waals surface area contributed by atoms with Crippen LogP contribution in [0.1, 0.15) is 12.8 Å². The average Bonchev–Trinajstić information content (AvgIpc) is 2.91. The molecule has 1 heterocycles.